The predicted molar refractivity (Wildman–Crippen MR) is 221 cm³/mol. The van der Waals surface area contributed by atoms with Crippen molar-refractivity contribution in [2.45, 2.75) is 38.5 Å². The van der Waals surface area contributed by atoms with Crippen LogP contribution in [0.2, 0.25) is 0 Å². The van der Waals surface area contributed by atoms with Crippen molar-refractivity contribution < 1.29 is 27.0 Å². The van der Waals surface area contributed by atoms with E-state index in [1.807, 2.05) is 30.5 Å². The highest BCUT2D eigenvalue weighted by molar-refractivity contribution is 8.14. The van der Waals surface area contributed by atoms with Crippen molar-refractivity contribution >= 4 is 56.7 Å². The number of nitrogens with zero attached hydrogens (tertiary/aromatic N) is 4. The average molecular weight is 816 g/mol. The van der Waals surface area contributed by atoms with E-state index < -0.39 is 23.3 Å². The molecule has 6 aromatic rings. The van der Waals surface area contributed by atoms with Crippen LogP contribution in [0.5, 0.6) is 11.5 Å². The van der Waals surface area contributed by atoms with Crippen LogP contribution in [-0.2, 0) is 25.7 Å². The van der Waals surface area contributed by atoms with Crippen molar-refractivity contribution in [3.63, 3.8) is 0 Å². The Kier molecular flexibility index (Phi) is 12.2. The number of ether oxygens (including phenoxy) is 2. The van der Waals surface area contributed by atoms with Gasteiger partial charge < -0.3 is 14.8 Å². The van der Waals surface area contributed by atoms with Crippen LogP contribution in [0.15, 0.2) is 82.8 Å². The first kappa shape index (κ1) is 39.2. The van der Waals surface area contributed by atoms with Gasteiger partial charge in [-0.1, -0.05) is 24.3 Å². The second-order valence-electron chi connectivity index (χ2n) is 12.8. The fourth-order valence-corrected chi connectivity index (χ4v) is 9.57. The number of rotatable bonds is 6. The Morgan fingerprint density at radius 2 is 1.20 bits per heavy atom. The Bertz CT molecular complexity index is 2420. The first-order valence-electron chi connectivity index (χ1n) is 17.8. The summed E-state index contributed by atoms with van der Waals surface area (Å²) in [5.41, 5.74) is 6.20. The first-order valence-corrected chi connectivity index (χ1v) is 20.7. The van der Waals surface area contributed by atoms with Gasteiger partial charge in [0, 0.05) is 18.2 Å². The van der Waals surface area contributed by atoms with Crippen LogP contribution in [0.4, 0.5) is 28.9 Å². The molecule has 0 aliphatic heterocycles. The lowest BCUT2D eigenvalue weighted by Crippen LogP contribution is -2.15. The van der Waals surface area contributed by atoms with E-state index in [0.29, 0.717) is 20.9 Å². The summed E-state index contributed by atoms with van der Waals surface area (Å²) in [6.45, 7) is 0. The number of aromatic nitrogens is 2. The second-order valence-corrected chi connectivity index (χ2v) is 15.6. The van der Waals surface area contributed by atoms with Crippen molar-refractivity contribution in [1.29, 1.82) is 0 Å². The van der Waals surface area contributed by atoms with Gasteiger partial charge in [-0.3, -0.25) is 4.99 Å². The number of hydrogen-bond acceptors (Lipinski definition) is 9. The number of thioether (sulfide) groups is 1. The Morgan fingerprint density at radius 3 is 1.70 bits per heavy atom. The number of hydrogen-bond donors (Lipinski definition) is 1. The largest absolute Gasteiger partial charge is 0.497 e. The molecule has 4 aromatic carbocycles. The Morgan fingerprint density at radius 1 is 0.696 bits per heavy atom. The molecule has 1 N–H and O–H groups in total. The Balaban J connectivity index is 0.000000172. The number of aryl methyl sites for hydroxylation is 4. The molecule has 2 aliphatic rings. The van der Waals surface area contributed by atoms with Crippen LogP contribution in [0, 0.1) is 23.3 Å². The lowest BCUT2D eigenvalue weighted by atomic mass is 10.0. The van der Waals surface area contributed by atoms with E-state index in [4.69, 9.17) is 19.4 Å². The molecule has 7 nitrogen and oxygen atoms in total. The van der Waals surface area contributed by atoms with Gasteiger partial charge in [0.15, 0.2) is 22.5 Å². The minimum absolute atomic E-state index is 0.226. The molecule has 0 unspecified atom stereocenters. The monoisotopic (exact) mass is 815 g/mol. The molecule has 2 aromatic heterocycles. The molecule has 0 spiro atoms. The third kappa shape index (κ3) is 8.23. The SMILES string of the molecule is CN=C(Nc1c(F)cccc1F)c1nc2c(s1)-c1cc(OC)ccc1CCC2.COc1ccc2c(c1)-c1sc(C(=Nc3c(F)cccc3F)SC)nc1CCC2. The molecular formula is C42H37F4N5O2S3. The fraction of sp³-hybridized carbons (Fsp3) is 0.238. The van der Waals surface area contributed by atoms with Gasteiger partial charge in [0.25, 0.3) is 0 Å². The van der Waals surface area contributed by atoms with Crippen LogP contribution < -0.4 is 14.8 Å². The van der Waals surface area contributed by atoms with Gasteiger partial charge in [0.05, 0.1) is 35.4 Å². The number of methoxy groups -OCH3 is 2. The van der Waals surface area contributed by atoms with Gasteiger partial charge in [-0.15, -0.1) is 34.4 Å². The Labute approximate surface area is 334 Å². The highest BCUT2D eigenvalue weighted by atomic mass is 32.2. The molecule has 0 fully saturated rings. The maximum absolute atomic E-state index is 14.0. The summed E-state index contributed by atoms with van der Waals surface area (Å²) in [6.07, 6.45) is 7.49. The molecular weight excluding hydrogens is 779 g/mol. The third-order valence-corrected chi connectivity index (χ3v) is 12.5. The fourth-order valence-electron chi connectivity index (χ4n) is 6.59. The first-order chi connectivity index (χ1) is 27.2. The molecule has 0 bridgehead atoms. The Hall–Kier alpha value is -5.05. The molecule has 14 heteroatoms. The number of halogens is 4. The summed E-state index contributed by atoms with van der Waals surface area (Å²) < 4.78 is 66.9. The second kappa shape index (κ2) is 17.4. The van der Waals surface area contributed by atoms with Gasteiger partial charge in [0.1, 0.15) is 44.6 Å². The standard InChI is InChI=1S/C21H19F2N3OS.C21H18F2N2OS2/c1-24-20(26-18-15(22)6-4-7-16(18)23)21-25-17-8-3-5-12-9-10-13(27-2)11-14(12)19(17)28-21;1-26-13-10-9-12-5-3-8-17-19(14(12)11-13)28-21(24-17)20(27-2)25-18-15(22)6-4-7-16(18)23/h4,6-7,9-11H,3,5,8H2,1-2H3,(H,24,26);4,6-7,9-11H,3,5,8H2,1-2H3. The zero-order valence-corrected chi connectivity index (χ0v) is 33.5. The van der Waals surface area contributed by atoms with E-state index in [9.17, 15) is 17.6 Å². The molecule has 0 amide bonds. The summed E-state index contributed by atoms with van der Waals surface area (Å²) >= 11 is 4.31. The quantitative estimate of drug-likeness (QED) is 0.102. The van der Waals surface area contributed by atoms with E-state index >= 15 is 0 Å². The summed E-state index contributed by atoms with van der Waals surface area (Å²) in [4.78, 5) is 20.1. The number of benzene rings is 4. The van der Waals surface area contributed by atoms with E-state index in [2.05, 4.69) is 27.4 Å². The number of amidine groups is 1. The minimum atomic E-state index is -0.681. The van der Waals surface area contributed by atoms with E-state index in [1.54, 1.807) is 21.3 Å². The normalized spacial score (nSPS) is 13.6. The van der Waals surface area contributed by atoms with E-state index in [1.165, 1.54) is 82.0 Å². The molecule has 0 radical (unpaired) electrons. The summed E-state index contributed by atoms with van der Waals surface area (Å²) in [7, 11) is 4.87. The van der Waals surface area contributed by atoms with Gasteiger partial charge >= 0.3 is 0 Å². The van der Waals surface area contributed by atoms with Crippen molar-refractivity contribution in [1.82, 2.24) is 9.97 Å². The molecule has 2 aliphatic carbocycles. The summed E-state index contributed by atoms with van der Waals surface area (Å²) in [5.74, 6) is -0.777. The highest BCUT2D eigenvalue weighted by Crippen LogP contribution is 2.41. The van der Waals surface area contributed by atoms with Crippen LogP contribution in [-0.4, -0.2) is 48.4 Å². The number of fused-ring (bicyclic) bond motifs is 6. The molecule has 0 saturated heterocycles. The van der Waals surface area contributed by atoms with Crippen molar-refractivity contribution in [2.24, 2.45) is 9.98 Å². The van der Waals surface area contributed by atoms with Crippen LogP contribution in [0.1, 0.15) is 45.4 Å². The minimum Gasteiger partial charge on any atom is -0.497 e. The lowest BCUT2D eigenvalue weighted by molar-refractivity contribution is 0.414. The average Bonchev–Trinajstić information content (AvgIpc) is 3.73. The van der Waals surface area contributed by atoms with E-state index in [-0.39, 0.29) is 11.4 Å². The summed E-state index contributed by atoms with van der Waals surface area (Å²) in [6, 6.07) is 19.7. The molecule has 2 heterocycles. The van der Waals surface area contributed by atoms with Gasteiger partial charge in [-0.05, 0) is 104 Å². The molecule has 288 valence electrons. The van der Waals surface area contributed by atoms with Crippen molar-refractivity contribution in [2.75, 3.05) is 32.8 Å². The van der Waals surface area contributed by atoms with Crippen LogP contribution in [0.25, 0.3) is 20.9 Å². The summed E-state index contributed by atoms with van der Waals surface area (Å²) in [5, 5.41) is 4.56. The van der Waals surface area contributed by atoms with Crippen molar-refractivity contribution in [3.8, 4) is 32.4 Å². The van der Waals surface area contributed by atoms with Gasteiger partial charge in [0.2, 0.25) is 0 Å². The highest BCUT2D eigenvalue weighted by Gasteiger charge is 2.24. The molecule has 56 heavy (non-hydrogen) atoms. The van der Waals surface area contributed by atoms with E-state index in [0.717, 1.165) is 82.3 Å². The van der Waals surface area contributed by atoms with Crippen LogP contribution >= 0.6 is 34.4 Å². The topological polar surface area (TPSA) is 81.0 Å². The van der Waals surface area contributed by atoms with Gasteiger partial charge in [-0.25, -0.2) is 32.5 Å². The van der Waals surface area contributed by atoms with Crippen molar-refractivity contribution in [3.05, 3.63) is 129 Å². The maximum Gasteiger partial charge on any atom is 0.162 e. The maximum atomic E-state index is 14.0. The number of nitrogens with one attached hydrogen (secondary N) is 1. The number of aliphatic imine (C=N–C) groups is 2. The number of para-hydroxylation sites is 2. The van der Waals surface area contributed by atoms with Gasteiger partial charge in [-0.2, -0.15) is 0 Å². The smallest absolute Gasteiger partial charge is 0.162 e. The molecule has 0 atom stereocenters. The zero-order chi connectivity index (χ0) is 39.3. The zero-order valence-electron chi connectivity index (χ0n) is 31.0. The van der Waals surface area contributed by atoms with Crippen LogP contribution in [0.3, 0.4) is 0 Å². The molecule has 8 rings (SSSR count). The predicted octanol–water partition coefficient (Wildman–Crippen LogP) is 11.1. The molecule has 0 saturated carbocycles. The lowest BCUT2D eigenvalue weighted by Gasteiger charge is -2.09. The number of anilines is 1. The number of thiazole rings is 2. The third-order valence-electron chi connectivity index (χ3n) is 9.40.